The van der Waals surface area contributed by atoms with Gasteiger partial charge in [-0.1, -0.05) is 36.4 Å². The van der Waals surface area contributed by atoms with Crippen molar-refractivity contribution in [1.29, 1.82) is 0 Å². The summed E-state index contributed by atoms with van der Waals surface area (Å²) in [6.45, 7) is 4.63. The highest BCUT2D eigenvalue weighted by atomic mass is 16.5. The molecule has 9 heteroatoms. The van der Waals surface area contributed by atoms with E-state index in [0.29, 0.717) is 11.4 Å². The van der Waals surface area contributed by atoms with E-state index in [0.717, 1.165) is 0 Å². The van der Waals surface area contributed by atoms with E-state index in [1.807, 2.05) is 36.4 Å². The van der Waals surface area contributed by atoms with Crippen LogP contribution in [0.15, 0.2) is 70.9 Å². The number of ketones is 2. The van der Waals surface area contributed by atoms with Gasteiger partial charge in [-0.25, -0.2) is 14.8 Å². The highest BCUT2D eigenvalue weighted by molar-refractivity contribution is 6.45. The first-order chi connectivity index (χ1) is 15.4. The van der Waals surface area contributed by atoms with Crippen LogP contribution in [0.4, 0.5) is 11.4 Å². The normalized spacial score (nSPS) is 19.8. The molecule has 0 fully saturated rings. The van der Waals surface area contributed by atoms with Gasteiger partial charge in [0.25, 0.3) is 0 Å². The molecule has 0 saturated heterocycles. The Balaban J connectivity index is 1.94. The predicted octanol–water partition coefficient (Wildman–Crippen LogP) is 2.39. The van der Waals surface area contributed by atoms with Crippen LogP contribution in [-0.2, 0) is 19.1 Å². The Labute approximate surface area is 185 Å². The molecule has 32 heavy (non-hydrogen) atoms. The molecule has 2 aromatic rings. The summed E-state index contributed by atoms with van der Waals surface area (Å²) in [7, 11) is 0. The van der Waals surface area contributed by atoms with Crippen LogP contribution >= 0.6 is 0 Å². The van der Waals surface area contributed by atoms with Crippen LogP contribution in [-0.4, -0.2) is 52.9 Å². The van der Waals surface area contributed by atoms with E-state index in [4.69, 9.17) is 4.74 Å². The second-order valence-electron chi connectivity index (χ2n) is 7.29. The van der Waals surface area contributed by atoms with Gasteiger partial charge in [0.2, 0.25) is 6.17 Å². The van der Waals surface area contributed by atoms with Crippen LogP contribution in [0.25, 0.3) is 0 Å². The largest absolute Gasteiger partial charge is 0.463 e. The van der Waals surface area contributed by atoms with E-state index < -0.39 is 18.3 Å². The number of carbonyl (C=O) groups is 3. The molecule has 2 atom stereocenters. The van der Waals surface area contributed by atoms with Gasteiger partial charge in [0, 0.05) is 13.8 Å². The number of amidine groups is 1. The van der Waals surface area contributed by atoms with E-state index in [1.165, 1.54) is 23.8 Å². The number of para-hydroxylation sites is 2. The molecule has 0 bridgehead atoms. The lowest BCUT2D eigenvalue weighted by Crippen LogP contribution is -2.66. The monoisotopic (exact) mass is 433 g/mol. The molecule has 2 unspecified atom stereocenters. The molecule has 0 N–H and O–H groups in total. The summed E-state index contributed by atoms with van der Waals surface area (Å²) in [4.78, 5) is 40.0. The minimum atomic E-state index is -1.12. The minimum absolute atomic E-state index is 0.0477. The van der Waals surface area contributed by atoms with Crippen molar-refractivity contribution < 1.29 is 19.1 Å². The molecule has 2 aliphatic heterocycles. The summed E-state index contributed by atoms with van der Waals surface area (Å²) in [6.07, 6.45) is -2.00. The Kier molecular flexibility index (Phi) is 5.72. The zero-order chi connectivity index (χ0) is 22.8. The molecule has 0 amide bonds. The number of carbonyl (C=O) groups excluding carboxylic acids is 3. The average molecular weight is 433 g/mol. The van der Waals surface area contributed by atoms with Gasteiger partial charge in [0.1, 0.15) is 5.71 Å². The number of rotatable bonds is 6. The van der Waals surface area contributed by atoms with Gasteiger partial charge < -0.3 is 4.74 Å². The third kappa shape index (κ3) is 3.62. The van der Waals surface area contributed by atoms with Gasteiger partial charge in [-0.15, -0.1) is 5.10 Å². The number of anilines is 2. The zero-order valence-electron chi connectivity index (χ0n) is 18.0. The number of fused-ring (bicyclic) bond motifs is 1. The van der Waals surface area contributed by atoms with E-state index >= 15 is 0 Å². The third-order valence-electron chi connectivity index (χ3n) is 5.11. The number of benzene rings is 2. The summed E-state index contributed by atoms with van der Waals surface area (Å²) < 4.78 is 5.34. The van der Waals surface area contributed by atoms with Crippen molar-refractivity contribution in [3.05, 3.63) is 60.7 Å². The Bertz CT molecular complexity index is 1100. The Morgan fingerprint density at radius 3 is 1.91 bits per heavy atom. The number of nitrogens with zero attached hydrogens (tertiary/aromatic N) is 5. The average Bonchev–Trinajstić information content (AvgIpc) is 3.20. The van der Waals surface area contributed by atoms with Gasteiger partial charge >= 0.3 is 5.97 Å². The van der Waals surface area contributed by atoms with Crippen LogP contribution < -0.4 is 10.0 Å². The van der Waals surface area contributed by atoms with E-state index in [-0.39, 0.29) is 29.7 Å². The molecule has 2 aliphatic rings. The van der Waals surface area contributed by atoms with Crippen LogP contribution in [0.3, 0.4) is 0 Å². The highest BCUT2D eigenvalue weighted by Crippen LogP contribution is 2.34. The third-order valence-corrected chi connectivity index (χ3v) is 5.11. The first kappa shape index (κ1) is 21.2. The minimum Gasteiger partial charge on any atom is -0.463 e. The molecule has 0 spiro atoms. The first-order valence-electron chi connectivity index (χ1n) is 10.3. The topological polar surface area (TPSA) is 94.9 Å². The van der Waals surface area contributed by atoms with Crippen molar-refractivity contribution in [3.63, 3.8) is 0 Å². The molecule has 0 aromatic heterocycles. The fourth-order valence-corrected chi connectivity index (χ4v) is 3.77. The van der Waals surface area contributed by atoms with E-state index in [9.17, 15) is 14.4 Å². The molecule has 0 radical (unpaired) electrons. The van der Waals surface area contributed by atoms with Gasteiger partial charge in [-0.3, -0.25) is 14.5 Å². The lowest BCUT2D eigenvalue weighted by atomic mass is 10.1. The Hall–Kier alpha value is -4.01. The molecule has 0 saturated carbocycles. The standard InChI is InChI=1S/C23H23N5O4/c1-4-32-23(31)22-26-20(16(3)30)25-27(17-11-7-5-8-12-17)21(26)19(15(2)29)24-28(22)18-13-9-6-10-14-18/h5-14,21-22H,4H2,1-3H3. The summed E-state index contributed by atoms with van der Waals surface area (Å²) in [5.41, 5.74) is 1.38. The maximum absolute atomic E-state index is 13.2. The van der Waals surface area contributed by atoms with Crippen molar-refractivity contribution >= 4 is 40.5 Å². The number of hydrogen-bond acceptors (Lipinski definition) is 9. The van der Waals surface area contributed by atoms with Crippen molar-refractivity contribution in [2.45, 2.75) is 33.1 Å². The summed E-state index contributed by atoms with van der Waals surface area (Å²) in [5, 5.41) is 12.1. The Morgan fingerprint density at radius 2 is 1.41 bits per heavy atom. The predicted molar refractivity (Wildman–Crippen MR) is 120 cm³/mol. The number of Topliss-reactive ketones (excluding diaryl/α,β-unsaturated/α-hetero) is 2. The van der Waals surface area contributed by atoms with Crippen LogP contribution in [0.5, 0.6) is 0 Å². The summed E-state index contributed by atoms with van der Waals surface area (Å²) in [5.74, 6) is -1.20. The molecular weight excluding hydrogens is 410 g/mol. The number of hydrazone groups is 2. The SMILES string of the molecule is CCOC(=O)C1N(c2ccccc2)N=C(C(C)=O)C2N(c3ccccc3)N=C(C(C)=O)N12. The van der Waals surface area contributed by atoms with Crippen molar-refractivity contribution in [2.24, 2.45) is 10.2 Å². The number of ether oxygens (including phenoxy) is 1. The quantitative estimate of drug-likeness (QED) is 0.646. The lowest BCUT2D eigenvalue weighted by molar-refractivity contribution is -0.148. The second-order valence-corrected chi connectivity index (χ2v) is 7.29. The summed E-state index contributed by atoms with van der Waals surface area (Å²) >= 11 is 0. The smallest absolute Gasteiger partial charge is 0.351 e. The molecule has 4 rings (SSSR count). The van der Waals surface area contributed by atoms with Gasteiger partial charge in [-0.05, 0) is 31.2 Å². The van der Waals surface area contributed by atoms with Gasteiger partial charge in [-0.2, -0.15) is 5.10 Å². The molecule has 2 aromatic carbocycles. The Morgan fingerprint density at radius 1 is 0.844 bits per heavy atom. The molecule has 0 aliphatic carbocycles. The van der Waals surface area contributed by atoms with Crippen molar-refractivity contribution in [2.75, 3.05) is 16.6 Å². The molecule has 164 valence electrons. The van der Waals surface area contributed by atoms with Crippen molar-refractivity contribution in [3.8, 4) is 0 Å². The lowest BCUT2D eigenvalue weighted by Gasteiger charge is -2.43. The van der Waals surface area contributed by atoms with Gasteiger partial charge in [0.15, 0.2) is 23.6 Å². The van der Waals surface area contributed by atoms with Crippen LogP contribution in [0.1, 0.15) is 20.8 Å². The van der Waals surface area contributed by atoms with Crippen molar-refractivity contribution in [1.82, 2.24) is 4.90 Å². The first-order valence-corrected chi connectivity index (χ1v) is 10.3. The molecule has 2 heterocycles. The maximum Gasteiger partial charge on any atom is 0.351 e. The molecule has 9 nitrogen and oxygen atoms in total. The van der Waals surface area contributed by atoms with E-state index in [2.05, 4.69) is 10.2 Å². The number of esters is 1. The highest BCUT2D eigenvalue weighted by Gasteiger charge is 2.53. The maximum atomic E-state index is 13.2. The summed E-state index contributed by atoms with van der Waals surface area (Å²) in [6, 6.07) is 18.1. The second kappa shape index (κ2) is 8.62. The van der Waals surface area contributed by atoms with Crippen LogP contribution in [0, 0.1) is 0 Å². The molecular formula is C23H23N5O4. The van der Waals surface area contributed by atoms with E-state index in [1.54, 1.807) is 36.2 Å². The van der Waals surface area contributed by atoms with Gasteiger partial charge in [0.05, 0.1) is 18.0 Å². The fourth-order valence-electron chi connectivity index (χ4n) is 3.77. The number of hydrogen-bond donors (Lipinski definition) is 0. The fraction of sp³-hybridized carbons (Fsp3) is 0.261. The zero-order valence-corrected chi connectivity index (χ0v) is 18.0. The van der Waals surface area contributed by atoms with Crippen LogP contribution in [0.2, 0.25) is 0 Å².